The zero-order valence-corrected chi connectivity index (χ0v) is 12.6. The lowest BCUT2D eigenvalue weighted by Gasteiger charge is -2.28. The fourth-order valence-corrected chi connectivity index (χ4v) is 2.14. The van der Waals surface area contributed by atoms with E-state index in [0.717, 1.165) is 0 Å². The Kier molecular flexibility index (Phi) is 6.50. The first kappa shape index (κ1) is 15.9. The van der Waals surface area contributed by atoms with E-state index in [1.807, 2.05) is 0 Å². The van der Waals surface area contributed by atoms with Crippen LogP contribution in [0.5, 0.6) is 0 Å². The molecule has 0 N–H and O–H groups in total. The van der Waals surface area contributed by atoms with E-state index in [-0.39, 0.29) is 6.10 Å². The zero-order valence-electron chi connectivity index (χ0n) is 9.45. The van der Waals surface area contributed by atoms with Gasteiger partial charge in [-0.05, 0) is 13.8 Å². The molecule has 0 fully saturated rings. The van der Waals surface area contributed by atoms with Crippen molar-refractivity contribution in [1.29, 1.82) is 0 Å². The standard InChI is InChI=1S/C9H14Br2O5/c1-5(2)16-6(10)9(11,7(12)14-3)8(13)15-4/h5-6H,1-4H3. The van der Waals surface area contributed by atoms with E-state index in [9.17, 15) is 9.59 Å². The van der Waals surface area contributed by atoms with Gasteiger partial charge in [0.15, 0.2) is 0 Å². The van der Waals surface area contributed by atoms with Crippen molar-refractivity contribution in [1.82, 2.24) is 0 Å². The van der Waals surface area contributed by atoms with Crippen molar-refractivity contribution >= 4 is 43.8 Å². The first-order chi connectivity index (χ1) is 7.30. The lowest BCUT2D eigenvalue weighted by molar-refractivity contribution is -0.159. The molecular formula is C9H14Br2O5. The Balaban J connectivity index is 5.07. The molecule has 0 aliphatic carbocycles. The predicted molar refractivity (Wildman–Crippen MR) is 64.6 cm³/mol. The number of carbonyl (C=O) groups excluding carboxylic acids is 2. The highest BCUT2D eigenvalue weighted by atomic mass is 79.9. The molecule has 7 heteroatoms. The molecule has 5 nitrogen and oxygen atoms in total. The van der Waals surface area contributed by atoms with Gasteiger partial charge in [0.2, 0.25) is 0 Å². The van der Waals surface area contributed by atoms with Crippen LogP contribution in [0.15, 0.2) is 0 Å². The highest BCUT2D eigenvalue weighted by Gasteiger charge is 2.53. The number of rotatable bonds is 5. The van der Waals surface area contributed by atoms with Crippen LogP contribution in [0, 0.1) is 0 Å². The summed E-state index contributed by atoms with van der Waals surface area (Å²) in [6, 6.07) is 0. The van der Waals surface area contributed by atoms with Crippen LogP contribution in [-0.4, -0.2) is 41.6 Å². The lowest BCUT2D eigenvalue weighted by Crippen LogP contribution is -2.51. The van der Waals surface area contributed by atoms with Gasteiger partial charge in [-0.3, -0.25) is 0 Å². The Bertz CT molecular complexity index is 251. The second-order valence-corrected chi connectivity index (χ2v) is 5.28. The van der Waals surface area contributed by atoms with E-state index in [2.05, 4.69) is 41.3 Å². The summed E-state index contributed by atoms with van der Waals surface area (Å²) >= 11 is 6.12. The van der Waals surface area contributed by atoms with Crippen molar-refractivity contribution in [2.45, 2.75) is 29.3 Å². The second kappa shape index (κ2) is 6.56. The fraction of sp³-hybridized carbons (Fsp3) is 0.778. The quantitative estimate of drug-likeness (QED) is 0.423. The minimum atomic E-state index is -1.71. The summed E-state index contributed by atoms with van der Waals surface area (Å²) in [4.78, 5) is 23.2. The third kappa shape index (κ3) is 3.43. The van der Waals surface area contributed by atoms with Gasteiger partial charge in [-0.25, -0.2) is 9.59 Å². The van der Waals surface area contributed by atoms with Gasteiger partial charge in [-0.15, -0.1) is 0 Å². The Morgan fingerprint density at radius 1 is 1.12 bits per heavy atom. The van der Waals surface area contributed by atoms with Crippen LogP contribution in [0.2, 0.25) is 0 Å². The molecule has 0 saturated heterocycles. The minimum Gasteiger partial charge on any atom is -0.467 e. The summed E-state index contributed by atoms with van der Waals surface area (Å²) in [7, 11) is 2.35. The van der Waals surface area contributed by atoms with Crippen molar-refractivity contribution in [3.8, 4) is 0 Å². The number of hydrogen-bond donors (Lipinski definition) is 0. The Labute approximate surface area is 111 Å². The average Bonchev–Trinajstić information content (AvgIpc) is 2.24. The van der Waals surface area contributed by atoms with Crippen LogP contribution >= 0.6 is 31.9 Å². The Hall–Kier alpha value is -0.140. The molecule has 0 saturated carbocycles. The molecule has 1 atom stereocenters. The van der Waals surface area contributed by atoms with Gasteiger partial charge in [0, 0.05) is 0 Å². The molecule has 0 bridgehead atoms. The number of hydrogen-bond acceptors (Lipinski definition) is 5. The van der Waals surface area contributed by atoms with E-state index in [4.69, 9.17) is 4.74 Å². The molecule has 16 heavy (non-hydrogen) atoms. The summed E-state index contributed by atoms with van der Waals surface area (Å²) in [5, 5.41) is -0.889. The highest BCUT2D eigenvalue weighted by Crippen LogP contribution is 2.32. The maximum absolute atomic E-state index is 11.6. The molecule has 0 aliphatic heterocycles. The first-order valence-corrected chi connectivity index (χ1v) is 6.16. The van der Waals surface area contributed by atoms with Crippen LogP contribution in [0.3, 0.4) is 0 Å². The first-order valence-electron chi connectivity index (χ1n) is 4.45. The molecule has 94 valence electrons. The number of esters is 2. The third-order valence-electron chi connectivity index (χ3n) is 1.67. The number of methoxy groups -OCH3 is 2. The summed E-state index contributed by atoms with van der Waals surface area (Å²) in [6.07, 6.45) is -0.171. The number of carbonyl (C=O) groups is 2. The minimum absolute atomic E-state index is 0.171. The SMILES string of the molecule is COC(=O)C(Br)(C(=O)OC)C(Br)OC(C)C. The van der Waals surface area contributed by atoms with Gasteiger partial charge in [0.05, 0.1) is 20.3 Å². The molecular weight excluding hydrogens is 348 g/mol. The maximum Gasteiger partial charge on any atom is 0.337 e. The Morgan fingerprint density at radius 2 is 1.50 bits per heavy atom. The van der Waals surface area contributed by atoms with Crippen molar-refractivity contribution in [2.75, 3.05) is 14.2 Å². The van der Waals surface area contributed by atoms with Gasteiger partial charge in [-0.1, -0.05) is 31.9 Å². The molecule has 0 aromatic heterocycles. The molecule has 0 rings (SSSR count). The van der Waals surface area contributed by atoms with Gasteiger partial charge in [-0.2, -0.15) is 0 Å². The third-order valence-corrected chi connectivity index (χ3v) is 4.25. The summed E-state index contributed by atoms with van der Waals surface area (Å²) in [6.45, 7) is 3.55. The average molecular weight is 362 g/mol. The van der Waals surface area contributed by atoms with Gasteiger partial charge < -0.3 is 14.2 Å². The number of halogens is 2. The lowest BCUT2D eigenvalue weighted by atomic mass is 10.1. The maximum atomic E-state index is 11.6. The van der Waals surface area contributed by atoms with E-state index in [1.54, 1.807) is 13.8 Å². The molecule has 0 radical (unpaired) electrons. The van der Waals surface area contributed by atoms with Gasteiger partial charge in [0.25, 0.3) is 4.32 Å². The van der Waals surface area contributed by atoms with E-state index >= 15 is 0 Å². The van der Waals surface area contributed by atoms with Crippen LogP contribution in [0.1, 0.15) is 13.8 Å². The molecule has 0 aromatic carbocycles. The second-order valence-electron chi connectivity index (χ2n) is 3.20. The summed E-state index contributed by atoms with van der Waals surface area (Å²) in [5.74, 6) is -1.58. The van der Waals surface area contributed by atoms with Crippen LogP contribution in [0.4, 0.5) is 0 Å². The Morgan fingerprint density at radius 3 is 1.75 bits per heavy atom. The molecule has 0 aliphatic rings. The molecule has 0 amide bonds. The number of alkyl halides is 2. The van der Waals surface area contributed by atoms with Crippen LogP contribution < -0.4 is 0 Å². The van der Waals surface area contributed by atoms with Gasteiger partial charge >= 0.3 is 11.9 Å². The highest BCUT2D eigenvalue weighted by molar-refractivity contribution is 9.13. The van der Waals surface area contributed by atoms with Crippen molar-refractivity contribution < 1.29 is 23.8 Å². The van der Waals surface area contributed by atoms with E-state index in [0.29, 0.717) is 0 Å². The van der Waals surface area contributed by atoms with Gasteiger partial charge in [0.1, 0.15) is 5.01 Å². The molecule has 0 heterocycles. The number of ether oxygens (including phenoxy) is 3. The summed E-state index contributed by atoms with van der Waals surface area (Å²) < 4.78 is 12.7. The fourth-order valence-electron chi connectivity index (χ4n) is 0.898. The zero-order chi connectivity index (χ0) is 12.9. The molecule has 0 aromatic rings. The summed E-state index contributed by atoms with van der Waals surface area (Å²) in [5.41, 5.74) is 0. The van der Waals surface area contributed by atoms with Crippen molar-refractivity contribution in [3.05, 3.63) is 0 Å². The van der Waals surface area contributed by atoms with Crippen LogP contribution in [-0.2, 0) is 23.8 Å². The monoisotopic (exact) mass is 360 g/mol. The molecule has 1 unspecified atom stereocenters. The molecule has 0 spiro atoms. The van der Waals surface area contributed by atoms with Crippen LogP contribution in [0.25, 0.3) is 0 Å². The topological polar surface area (TPSA) is 61.8 Å². The van der Waals surface area contributed by atoms with Crippen molar-refractivity contribution in [3.63, 3.8) is 0 Å². The normalized spacial score (nSPS) is 13.4. The predicted octanol–water partition coefficient (Wildman–Crippen LogP) is 1.61. The largest absolute Gasteiger partial charge is 0.467 e. The van der Waals surface area contributed by atoms with E-state index in [1.165, 1.54) is 14.2 Å². The van der Waals surface area contributed by atoms with E-state index < -0.39 is 21.3 Å². The smallest absolute Gasteiger partial charge is 0.337 e. The van der Waals surface area contributed by atoms with Crippen molar-refractivity contribution in [2.24, 2.45) is 0 Å².